The van der Waals surface area contributed by atoms with Crippen LogP contribution in [0.15, 0.2) is 60.7 Å². The molecule has 0 saturated heterocycles. The molecule has 1 heteroatoms. The Kier molecular flexibility index (Phi) is 2.78. The van der Waals surface area contributed by atoms with E-state index in [0.717, 1.165) is 10.8 Å². The molecule has 0 aliphatic heterocycles. The maximum atomic E-state index is 8.91. The molecule has 0 aromatic heterocycles. The van der Waals surface area contributed by atoms with E-state index >= 15 is 0 Å². The van der Waals surface area contributed by atoms with Crippen LogP contribution in [0, 0.1) is 18.3 Å². The molecule has 0 fully saturated rings. The van der Waals surface area contributed by atoms with E-state index in [1.807, 2.05) is 18.2 Å². The first-order valence-electron chi connectivity index (χ1n) is 6.27. The van der Waals surface area contributed by atoms with Crippen molar-refractivity contribution in [3.8, 4) is 17.2 Å². The van der Waals surface area contributed by atoms with E-state index in [1.165, 1.54) is 16.7 Å². The van der Waals surface area contributed by atoms with Gasteiger partial charge < -0.3 is 0 Å². The van der Waals surface area contributed by atoms with E-state index in [4.69, 9.17) is 5.26 Å². The van der Waals surface area contributed by atoms with Crippen LogP contribution in [-0.4, -0.2) is 0 Å². The molecule has 0 unspecified atom stereocenters. The van der Waals surface area contributed by atoms with Crippen LogP contribution in [0.2, 0.25) is 0 Å². The van der Waals surface area contributed by atoms with Crippen LogP contribution in [0.1, 0.15) is 11.1 Å². The highest BCUT2D eigenvalue weighted by Gasteiger charge is 2.00. The zero-order valence-electron chi connectivity index (χ0n) is 10.7. The lowest BCUT2D eigenvalue weighted by molar-refractivity contribution is 1.47. The molecule has 0 atom stereocenters. The first kappa shape index (κ1) is 11.5. The highest BCUT2D eigenvalue weighted by molar-refractivity contribution is 5.88. The van der Waals surface area contributed by atoms with Crippen molar-refractivity contribution in [1.82, 2.24) is 0 Å². The van der Waals surface area contributed by atoms with Gasteiger partial charge in [-0.05, 0) is 47.0 Å². The monoisotopic (exact) mass is 243 g/mol. The van der Waals surface area contributed by atoms with E-state index in [-0.39, 0.29) is 0 Å². The molecular formula is C18H13N. The summed E-state index contributed by atoms with van der Waals surface area (Å²) in [7, 11) is 0. The second kappa shape index (κ2) is 4.59. The van der Waals surface area contributed by atoms with Crippen LogP contribution >= 0.6 is 0 Å². The number of nitriles is 1. The Labute approximate surface area is 112 Å². The fourth-order valence-corrected chi connectivity index (χ4v) is 2.24. The second-order valence-electron chi connectivity index (χ2n) is 4.75. The summed E-state index contributed by atoms with van der Waals surface area (Å²) in [5.41, 5.74) is 4.40. The topological polar surface area (TPSA) is 23.8 Å². The van der Waals surface area contributed by atoms with Crippen LogP contribution < -0.4 is 0 Å². The Hall–Kier alpha value is -2.59. The van der Waals surface area contributed by atoms with Crippen LogP contribution in [0.4, 0.5) is 0 Å². The first-order chi connectivity index (χ1) is 9.26. The van der Waals surface area contributed by atoms with Crippen molar-refractivity contribution in [2.75, 3.05) is 0 Å². The average Bonchev–Trinajstić information content (AvgIpc) is 2.47. The molecule has 0 bridgehead atoms. The number of rotatable bonds is 1. The minimum Gasteiger partial charge on any atom is -0.192 e. The summed E-state index contributed by atoms with van der Waals surface area (Å²) >= 11 is 0. The van der Waals surface area contributed by atoms with Crippen molar-refractivity contribution in [3.05, 3.63) is 71.8 Å². The average molecular weight is 243 g/mol. The number of hydrogen-bond donors (Lipinski definition) is 0. The van der Waals surface area contributed by atoms with E-state index in [0.29, 0.717) is 5.56 Å². The molecule has 0 N–H and O–H groups in total. The third-order valence-electron chi connectivity index (χ3n) is 3.35. The van der Waals surface area contributed by atoms with Crippen molar-refractivity contribution >= 4 is 10.8 Å². The first-order valence-corrected chi connectivity index (χ1v) is 6.27. The largest absolute Gasteiger partial charge is 0.192 e. The highest BCUT2D eigenvalue weighted by atomic mass is 14.2. The van der Waals surface area contributed by atoms with Gasteiger partial charge in [-0.3, -0.25) is 0 Å². The van der Waals surface area contributed by atoms with Crippen LogP contribution in [0.5, 0.6) is 0 Å². The quantitative estimate of drug-likeness (QED) is 0.608. The number of hydrogen-bond acceptors (Lipinski definition) is 1. The Balaban J connectivity index is 2.12. The molecule has 0 spiro atoms. The van der Waals surface area contributed by atoms with Gasteiger partial charge in [-0.15, -0.1) is 0 Å². The van der Waals surface area contributed by atoms with Gasteiger partial charge in [0.15, 0.2) is 0 Å². The summed E-state index contributed by atoms with van der Waals surface area (Å²) in [6.07, 6.45) is 0. The molecule has 0 saturated carbocycles. The lowest BCUT2D eigenvalue weighted by Crippen LogP contribution is -1.81. The predicted octanol–water partition coefficient (Wildman–Crippen LogP) is 4.69. The van der Waals surface area contributed by atoms with E-state index in [9.17, 15) is 0 Å². The second-order valence-corrected chi connectivity index (χ2v) is 4.75. The van der Waals surface area contributed by atoms with Gasteiger partial charge in [0.2, 0.25) is 0 Å². The normalized spacial score (nSPS) is 10.3. The van der Waals surface area contributed by atoms with Gasteiger partial charge in [0.25, 0.3) is 0 Å². The number of benzene rings is 3. The van der Waals surface area contributed by atoms with E-state index < -0.39 is 0 Å². The Bertz CT molecular complexity index is 777. The lowest BCUT2D eigenvalue weighted by atomic mass is 9.99. The molecule has 90 valence electrons. The molecule has 3 aromatic carbocycles. The standard InChI is InChI=1S/C18H13N/c1-13-2-5-15(6-3-13)17-9-8-16-10-14(12-19)4-7-18(16)11-17/h2-11H,1H3. The van der Waals surface area contributed by atoms with Gasteiger partial charge in [-0.25, -0.2) is 0 Å². The summed E-state index contributed by atoms with van der Waals surface area (Å²) < 4.78 is 0. The van der Waals surface area contributed by atoms with Gasteiger partial charge in [0.05, 0.1) is 11.6 Å². The van der Waals surface area contributed by atoms with Gasteiger partial charge >= 0.3 is 0 Å². The van der Waals surface area contributed by atoms with Crippen LogP contribution in [0.3, 0.4) is 0 Å². The molecule has 1 nitrogen and oxygen atoms in total. The highest BCUT2D eigenvalue weighted by Crippen LogP contribution is 2.25. The fourth-order valence-electron chi connectivity index (χ4n) is 2.24. The van der Waals surface area contributed by atoms with Crippen molar-refractivity contribution < 1.29 is 0 Å². The van der Waals surface area contributed by atoms with Crippen molar-refractivity contribution in [2.24, 2.45) is 0 Å². The molecule has 19 heavy (non-hydrogen) atoms. The Morgan fingerprint density at radius 1 is 0.737 bits per heavy atom. The number of fused-ring (bicyclic) bond motifs is 1. The van der Waals surface area contributed by atoms with Crippen LogP contribution in [-0.2, 0) is 0 Å². The molecule has 0 radical (unpaired) electrons. The number of nitrogens with zero attached hydrogens (tertiary/aromatic N) is 1. The molecular weight excluding hydrogens is 230 g/mol. The zero-order valence-corrected chi connectivity index (χ0v) is 10.7. The van der Waals surface area contributed by atoms with Gasteiger partial charge in [0, 0.05) is 0 Å². The Morgan fingerprint density at radius 2 is 1.37 bits per heavy atom. The SMILES string of the molecule is Cc1ccc(-c2ccc3cc(C#N)ccc3c2)cc1. The third kappa shape index (κ3) is 2.21. The number of aryl methyl sites for hydroxylation is 1. The maximum absolute atomic E-state index is 8.91. The van der Waals surface area contributed by atoms with Crippen LogP contribution in [0.25, 0.3) is 21.9 Å². The minimum atomic E-state index is 0.704. The summed E-state index contributed by atoms with van der Waals surface area (Å²) in [4.78, 5) is 0. The lowest BCUT2D eigenvalue weighted by Gasteiger charge is -2.05. The van der Waals surface area contributed by atoms with Crippen molar-refractivity contribution in [2.45, 2.75) is 6.92 Å². The minimum absolute atomic E-state index is 0.704. The molecule has 3 aromatic rings. The Morgan fingerprint density at radius 3 is 2.11 bits per heavy atom. The molecule has 3 rings (SSSR count). The summed E-state index contributed by atoms with van der Waals surface area (Å²) in [6.45, 7) is 2.09. The smallest absolute Gasteiger partial charge is 0.0991 e. The zero-order chi connectivity index (χ0) is 13.2. The molecule has 0 amide bonds. The summed E-state index contributed by atoms with van der Waals surface area (Å²) in [6, 6.07) is 22.8. The third-order valence-corrected chi connectivity index (χ3v) is 3.35. The van der Waals surface area contributed by atoms with Gasteiger partial charge in [-0.2, -0.15) is 5.26 Å². The van der Waals surface area contributed by atoms with Crippen molar-refractivity contribution in [3.63, 3.8) is 0 Å². The predicted molar refractivity (Wildman–Crippen MR) is 78.8 cm³/mol. The molecule has 0 heterocycles. The van der Waals surface area contributed by atoms with Gasteiger partial charge in [0.1, 0.15) is 0 Å². The maximum Gasteiger partial charge on any atom is 0.0991 e. The van der Waals surface area contributed by atoms with E-state index in [1.54, 1.807) is 0 Å². The molecule has 0 aliphatic rings. The molecule has 0 aliphatic carbocycles. The van der Waals surface area contributed by atoms with Gasteiger partial charge in [-0.1, -0.05) is 48.0 Å². The van der Waals surface area contributed by atoms with Crippen molar-refractivity contribution in [1.29, 1.82) is 5.26 Å². The summed E-state index contributed by atoms with van der Waals surface area (Å²) in [5.74, 6) is 0. The van der Waals surface area contributed by atoms with E-state index in [2.05, 4.69) is 55.5 Å². The fraction of sp³-hybridized carbons (Fsp3) is 0.0556. The summed E-state index contributed by atoms with van der Waals surface area (Å²) in [5, 5.41) is 11.2.